The summed E-state index contributed by atoms with van der Waals surface area (Å²) in [6.07, 6.45) is 0. The molecule has 0 atom stereocenters. The van der Waals surface area contributed by atoms with E-state index in [0.29, 0.717) is 30.7 Å². The van der Waals surface area contributed by atoms with E-state index in [2.05, 4.69) is 15.5 Å². The second-order valence-corrected chi connectivity index (χ2v) is 2.89. The molecule has 0 bridgehead atoms. The van der Waals surface area contributed by atoms with E-state index in [1.807, 2.05) is 0 Å². The first-order chi connectivity index (χ1) is 6.83. The summed E-state index contributed by atoms with van der Waals surface area (Å²) >= 11 is 5.56. The number of aromatic nitrogens is 2. The fourth-order valence-corrected chi connectivity index (χ4v) is 0.929. The van der Waals surface area contributed by atoms with E-state index in [1.54, 1.807) is 12.1 Å². The number of halogens is 1. The largest absolute Gasteiger partial charge is 0.394 e. The smallest absolute Gasteiger partial charge is 0.151 e. The number of hydrogen-bond donors (Lipinski definition) is 2. The number of hydrogen-bond acceptors (Lipinski definition) is 5. The minimum absolute atomic E-state index is 0.0424. The molecule has 0 radical (unpaired) electrons. The van der Waals surface area contributed by atoms with Crippen LogP contribution in [-0.2, 0) is 4.74 Å². The molecule has 5 nitrogen and oxygen atoms in total. The molecule has 0 aliphatic heterocycles. The Hall–Kier alpha value is -0.910. The van der Waals surface area contributed by atoms with Gasteiger partial charge in [0.2, 0.25) is 0 Å². The van der Waals surface area contributed by atoms with Gasteiger partial charge in [0.25, 0.3) is 0 Å². The van der Waals surface area contributed by atoms with Gasteiger partial charge in [-0.05, 0) is 12.1 Å². The number of aliphatic hydroxyl groups excluding tert-OH is 1. The molecular formula is C8H12ClN3O2. The zero-order chi connectivity index (χ0) is 10.2. The summed E-state index contributed by atoms with van der Waals surface area (Å²) in [6, 6.07) is 3.40. The monoisotopic (exact) mass is 217 g/mol. The molecule has 78 valence electrons. The Bertz CT molecular complexity index is 255. The minimum atomic E-state index is 0.0424. The highest BCUT2D eigenvalue weighted by molar-refractivity contribution is 6.29. The molecule has 0 aliphatic rings. The lowest BCUT2D eigenvalue weighted by Gasteiger charge is -2.04. The molecule has 2 N–H and O–H groups in total. The SMILES string of the molecule is OCCOCCNc1ccc(Cl)nn1. The molecule has 1 rings (SSSR count). The third-order valence-corrected chi connectivity index (χ3v) is 1.62. The van der Waals surface area contributed by atoms with Crippen LogP contribution in [0.5, 0.6) is 0 Å². The van der Waals surface area contributed by atoms with Crippen molar-refractivity contribution in [1.29, 1.82) is 0 Å². The third kappa shape index (κ3) is 4.36. The van der Waals surface area contributed by atoms with Gasteiger partial charge in [-0.3, -0.25) is 0 Å². The number of anilines is 1. The van der Waals surface area contributed by atoms with Gasteiger partial charge in [0.05, 0.1) is 19.8 Å². The molecule has 0 aromatic carbocycles. The van der Waals surface area contributed by atoms with E-state index in [1.165, 1.54) is 0 Å². The van der Waals surface area contributed by atoms with Gasteiger partial charge in [-0.15, -0.1) is 10.2 Å². The molecule has 6 heteroatoms. The first-order valence-electron chi connectivity index (χ1n) is 4.24. The Kier molecular flexibility index (Phi) is 5.21. The van der Waals surface area contributed by atoms with Gasteiger partial charge in [-0.1, -0.05) is 11.6 Å². The topological polar surface area (TPSA) is 67.3 Å². The van der Waals surface area contributed by atoms with Crippen molar-refractivity contribution in [2.75, 3.05) is 31.7 Å². The van der Waals surface area contributed by atoms with Gasteiger partial charge >= 0.3 is 0 Å². The van der Waals surface area contributed by atoms with Crippen molar-refractivity contribution in [3.8, 4) is 0 Å². The molecular weight excluding hydrogens is 206 g/mol. The van der Waals surface area contributed by atoms with E-state index >= 15 is 0 Å². The quantitative estimate of drug-likeness (QED) is 0.682. The summed E-state index contributed by atoms with van der Waals surface area (Å²) in [5.74, 6) is 0.655. The van der Waals surface area contributed by atoms with Crippen molar-refractivity contribution in [3.05, 3.63) is 17.3 Å². The Labute approximate surface area is 87.1 Å². The lowest BCUT2D eigenvalue weighted by atomic mass is 10.5. The maximum atomic E-state index is 8.43. The number of nitrogens with one attached hydrogen (secondary N) is 1. The molecule has 0 saturated carbocycles. The lowest BCUT2D eigenvalue weighted by molar-refractivity contribution is 0.0992. The van der Waals surface area contributed by atoms with Gasteiger partial charge in [0.1, 0.15) is 5.82 Å². The second-order valence-electron chi connectivity index (χ2n) is 2.50. The van der Waals surface area contributed by atoms with Gasteiger partial charge < -0.3 is 15.2 Å². The Morgan fingerprint density at radius 1 is 1.36 bits per heavy atom. The van der Waals surface area contributed by atoms with E-state index in [4.69, 9.17) is 21.4 Å². The summed E-state index contributed by atoms with van der Waals surface area (Å²) in [6.45, 7) is 1.54. The van der Waals surface area contributed by atoms with Crippen LogP contribution in [0.15, 0.2) is 12.1 Å². The maximum absolute atomic E-state index is 8.43. The molecule has 0 unspecified atom stereocenters. The number of ether oxygens (including phenoxy) is 1. The molecule has 0 fully saturated rings. The Morgan fingerprint density at radius 3 is 2.86 bits per heavy atom. The van der Waals surface area contributed by atoms with Crippen LogP contribution in [0.3, 0.4) is 0 Å². The van der Waals surface area contributed by atoms with Crippen LogP contribution in [0, 0.1) is 0 Å². The highest BCUT2D eigenvalue weighted by Crippen LogP contribution is 2.05. The molecule has 0 saturated heterocycles. The van der Waals surface area contributed by atoms with Crippen LogP contribution in [0.1, 0.15) is 0 Å². The van der Waals surface area contributed by atoms with Crippen LogP contribution >= 0.6 is 11.6 Å². The summed E-state index contributed by atoms with van der Waals surface area (Å²) in [4.78, 5) is 0. The van der Waals surface area contributed by atoms with E-state index in [0.717, 1.165) is 0 Å². The highest BCUT2D eigenvalue weighted by atomic mass is 35.5. The molecule has 1 aromatic rings. The van der Waals surface area contributed by atoms with Gasteiger partial charge in [0, 0.05) is 6.54 Å². The summed E-state index contributed by atoms with van der Waals surface area (Å²) in [7, 11) is 0. The summed E-state index contributed by atoms with van der Waals surface area (Å²) in [5.41, 5.74) is 0. The Balaban J connectivity index is 2.15. The van der Waals surface area contributed by atoms with Crippen molar-refractivity contribution in [2.24, 2.45) is 0 Å². The van der Waals surface area contributed by atoms with Crippen molar-refractivity contribution in [3.63, 3.8) is 0 Å². The van der Waals surface area contributed by atoms with Crippen LogP contribution in [0.25, 0.3) is 0 Å². The van der Waals surface area contributed by atoms with Crippen LogP contribution in [0.4, 0.5) is 5.82 Å². The predicted octanol–water partition coefficient (Wildman–Crippen LogP) is 0.551. The van der Waals surface area contributed by atoms with Crippen molar-refractivity contribution in [2.45, 2.75) is 0 Å². The van der Waals surface area contributed by atoms with E-state index < -0.39 is 0 Å². The van der Waals surface area contributed by atoms with Gasteiger partial charge in [0.15, 0.2) is 5.15 Å². The van der Waals surface area contributed by atoms with Crippen molar-refractivity contribution >= 4 is 17.4 Å². The summed E-state index contributed by atoms with van der Waals surface area (Å²) in [5, 5.41) is 19.3. The minimum Gasteiger partial charge on any atom is -0.394 e. The predicted molar refractivity (Wildman–Crippen MR) is 53.4 cm³/mol. The molecule has 14 heavy (non-hydrogen) atoms. The first-order valence-corrected chi connectivity index (χ1v) is 4.62. The zero-order valence-corrected chi connectivity index (χ0v) is 8.37. The fourth-order valence-electron chi connectivity index (χ4n) is 0.828. The second kappa shape index (κ2) is 6.53. The average Bonchev–Trinajstić information content (AvgIpc) is 2.21. The first kappa shape index (κ1) is 11.2. The van der Waals surface area contributed by atoms with Crippen LogP contribution in [0.2, 0.25) is 5.15 Å². The number of nitrogens with zero attached hydrogens (tertiary/aromatic N) is 2. The summed E-state index contributed by atoms with van der Waals surface area (Å²) < 4.78 is 5.04. The lowest BCUT2D eigenvalue weighted by Crippen LogP contribution is -2.12. The molecule has 0 aliphatic carbocycles. The fraction of sp³-hybridized carbons (Fsp3) is 0.500. The maximum Gasteiger partial charge on any atom is 0.151 e. The third-order valence-electron chi connectivity index (χ3n) is 1.42. The standard InChI is InChI=1S/C8H12ClN3O2/c9-7-1-2-8(12-11-7)10-3-5-14-6-4-13/h1-2,13H,3-6H2,(H,10,12). The average molecular weight is 218 g/mol. The Morgan fingerprint density at radius 2 is 2.21 bits per heavy atom. The highest BCUT2D eigenvalue weighted by Gasteiger charge is 1.94. The molecule has 1 heterocycles. The zero-order valence-electron chi connectivity index (χ0n) is 7.61. The van der Waals surface area contributed by atoms with Gasteiger partial charge in [-0.2, -0.15) is 0 Å². The van der Waals surface area contributed by atoms with Crippen LogP contribution in [-0.4, -0.2) is 41.7 Å². The number of aliphatic hydroxyl groups is 1. The van der Waals surface area contributed by atoms with Crippen LogP contribution < -0.4 is 5.32 Å². The number of rotatable bonds is 6. The molecule has 0 spiro atoms. The van der Waals surface area contributed by atoms with Crippen molar-refractivity contribution in [1.82, 2.24) is 10.2 Å². The normalized spacial score (nSPS) is 10.1. The molecule has 0 amide bonds. The van der Waals surface area contributed by atoms with E-state index in [-0.39, 0.29) is 6.61 Å². The van der Waals surface area contributed by atoms with Gasteiger partial charge in [-0.25, -0.2) is 0 Å². The van der Waals surface area contributed by atoms with Crippen molar-refractivity contribution < 1.29 is 9.84 Å². The van der Waals surface area contributed by atoms with E-state index in [9.17, 15) is 0 Å². The molecule has 1 aromatic heterocycles.